The van der Waals surface area contributed by atoms with E-state index in [-0.39, 0.29) is 6.10 Å². The summed E-state index contributed by atoms with van der Waals surface area (Å²) in [6, 6.07) is 7.99. The van der Waals surface area contributed by atoms with Crippen molar-refractivity contribution >= 4 is 6.08 Å². The summed E-state index contributed by atoms with van der Waals surface area (Å²) in [7, 11) is 0. The molecule has 148 valence electrons. The van der Waals surface area contributed by atoms with Gasteiger partial charge in [-0.25, -0.2) is 0 Å². The number of benzene rings is 1. The van der Waals surface area contributed by atoms with Crippen molar-refractivity contribution in [3.63, 3.8) is 0 Å². The number of hydrogen-bond donors (Lipinski definition) is 0. The molecule has 0 saturated heterocycles. The van der Waals surface area contributed by atoms with Crippen molar-refractivity contribution in [2.24, 2.45) is 5.41 Å². The zero-order valence-electron chi connectivity index (χ0n) is 17.6. The lowest BCUT2D eigenvalue weighted by Crippen LogP contribution is -2.19. The van der Waals surface area contributed by atoms with Crippen LogP contribution in [0.15, 0.2) is 30.8 Å². The highest BCUT2D eigenvalue weighted by molar-refractivity contribution is 5.49. The molecule has 0 saturated carbocycles. The van der Waals surface area contributed by atoms with Gasteiger partial charge in [0.15, 0.2) is 0 Å². The fourth-order valence-corrected chi connectivity index (χ4v) is 2.97. The van der Waals surface area contributed by atoms with Gasteiger partial charge in [0.1, 0.15) is 11.9 Å². The number of unbranched alkanes of at least 4 members (excludes halogenated alkanes) is 6. The molecule has 0 N–H and O–H groups in total. The second-order valence-corrected chi connectivity index (χ2v) is 8.57. The van der Waals surface area contributed by atoms with Gasteiger partial charge in [-0.05, 0) is 42.9 Å². The van der Waals surface area contributed by atoms with E-state index < -0.39 is 0 Å². The van der Waals surface area contributed by atoms with Crippen molar-refractivity contribution in [2.45, 2.75) is 85.2 Å². The lowest BCUT2D eigenvalue weighted by Gasteiger charge is -2.17. The van der Waals surface area contributed by atoms with E-state index in [1.54, 1.807) is 0 Å². The smallest absolute Gasteiger partial charge is 0.120 e. The first-order chi connectivity index (χ1) is 12.4. The molecule has 1 aromatic carbocycles. The lowest BCUT2D eigenvalue weighted by molar-refractivity contribution is 0.0565. The Kier molecular flexibility index (Phi) is 11.4. The van der Waals surface area contributed by atoms with Crippen molar-refractivity contribution in [3.8, 4) is 5.75 Å². The normalized spacial score (nSPS) is 12.8. The van der Waals surface area contributed by atoms with Gasteiger partial charge in [0, 0.05) is 6.61 Å². The molecule has 0 radical (unpaired) electrons. The molecular formula is C24H40O2. The van der Waals surface area contributed by atoms with E-state index in [4.69, 9.17) is 9.47 Å². The predicted molar refractivity (Wildman–Crippen MR) is 114 cm³/mol. The first-order valence-corrected chi connectivity index (χ1v) is 10.4. The van der Waals surface area contributed by atoms with Crippen molar-refractivity contribution in [3.05, 3.63) is 36.4 Å². The monoisotopic (exact) mass is 360 g/mol. The van der Waals surface area contributed by atoms with Gasteiger partial charge < -0.3 is 9.47 Å². The van der Waals surface area contributed by atoms with Gasteiger partial charge in [0.2, 0.25) is 0 Å². The Balaban J connectivity index is 1.94. The van der Waals surface area contributed by atoms with Crippen LogP contribution in [-0.4, -0.2) is 19.3 Å². The van der Waals surface area contributed by atoms with Gasteiger partial charge in [-0.15, -0.1) is 0 Å². The molecular weight excluding hydrogens is 320 g/mol. The topological polar surface area (TPSA) is 18.5 Å². The Labute approximate surface area is 162 Å². The van der Waals surface area contributed by atoms with E-state index in [9.17, 15) is 0 Å². The van der Waals surface area contributed by atoms with E-state index in [0.29, 0.717) is 12.0 Å². The molecule has 0 heterocycles. The molecule has 1 unspecified atom stereocenters. The van der Waals surface area contributed by atoms with Gasteiger partial charge in [-0.2, -0.15) is 0 Å². The van der Waals surface area contributed by atoms with Gasteiger partial charge in [-0.3, -0.25) is 0 Å². The molecule has 26 heavy (non-hydrogen) atoms. The molecule has 0 aliphatic heterocycles. The molecule has 2 heteroatoms. The third-order valence-electron chi connectivity index (χ3n) is 4.50. The Morgan fingerprint density at radius 3 is 2.31 bits per heavy atom. The Morgan fingerprint density at radius 1 is 1.00 bits per heavy atom. The first kappa shape index (κ1) is 22.8. The fourth-order valence-electron chi connectivity index (χ4n) is 2.97. The molecule has 2 nitrogen and oxygen atoms in total. The fraction of sp³-hybridized carbons (Fsp3) is 0.667. The third kappa shape index (κ3) is 12.1. The van der Waals surface area contributed by atoms with Crippen LogP contribution in [0.25, 0.3) is 6.08 Å². The highest BCUT2D eigenvalue weighted by atomic mass is 16.5. The summed E-state index contributed by atoms with van der Waals surface area (Å²) in [5, 5.41) is 0. The Bertz CT molecular complexity index is 487. The average molecular weight is 361 g/mol. The van der Waals surface area contributed by atoms with Crippen LogP contribution in [-0.2, 0) is 4.74 Å². The van der Waals surface area contributed by atoms with Gasteiger partial charge in [0.25, 0.3) is 0 Å². The minimum absolute atomic E-state index is 0.0675. The minimum Gasteiger partial charge on any atom is -0.488 e. The highest BCUT2D eigenvalue weighted by Crippen LogP contribution is 2.22. The van der Waals surface area contributed by atoms with Crippen molar-refractivity contribution in [2.75, 3.05) is 13.2 Å². The number of hydrogen-bond acceptors (Lipinski definition) is 2. The molecule has 0 amide bonds. The third-order valence-corrected chi connectivity index (χ3v) is 4.50. The summed E-state index contributed by atoms with van der Waals surface area (Å²) in [4.78, 5) is 0. The summed E-state index contributed by atoms with van der Waals surface area (Å²) in [5.41, 5.74) is 1.57. The van der Waals surface area contributed by atoms with Gasteiger partial charge in [-0.1, -0.05) is 84.1 Å². The number of ether oxygens (including phenoxy) is 2. The standard InChI is InChI=1S/C24H40O2/c1-6-22-15-14-16-23(19-22)26-21(2)20-25-18-13-11-9-7-8-10-12-17-24(3,4)5/h6,14-16,19,21H,1,7-13,17-18,20H2,2-5H3. The highest BCUT2D eigenvalue weighted by Gasteiger charge is 2.08. The van der Waals surface area contributed by atoms with Gasteiger partial charge in [0.05, 0.1) is 6.61 Å². The largest absolute Gasteiger partial charge is 0.488 e. The van der Waals surface area contributed by atoms with Crippen molar-refractivity contribution in [1.29, 1.82) is 0 Å². The second kappa shape index (κ2) is 13.0. The summed E-state index contributed by atoms with van der Waals surface area (Å²) in [5.74, 6) is 0.880. The summed E-state index contributed by atoms with van der Waals surface area (Å²) >= 11 is 0. The molecule has 1 atom stereocenters. The van der Waals surface area contributed by atoms with Gasteiger partial charge >= 0.3 is 0 Å². The van der Waals surface area contributed by atoms with E-state index >= 15 is 0 Å². The van der Waals surface area contributed by atoms with Crippen LogP contribution >= 0.6 is 0 Å². The zero-order chi connectivity index (χ0) is 19.3. The predicted octanol–water partition coefficient (Wildman–Crippen LogP) is 7.28. The molecule has 1 rings (SSSR count). The molecule has 0 bridgehead atoms. The van der Waals surface area contributed by atoms with Crippen LogP contribution in [0.2, 0.25) is 0 Å². The van der Waals surface area contributed by atoms with Crippen LogP contribution in [0.5, 0.6) is 5.75 Å². The maximum absolute atomic E-state index is 5.89. The molecule has 0 aromatic heterocycles. The second-order valence-electron chi connectivity index (χ2n) is 8.57. The molecule has 0 aliphatic carbocycles. The number of rotatable bonds is 14. The van der Waals surface area contributed by atoms with Crippen LogP contribution < -0.4 is 4.74 Å². The average Bonchev–Trinajstić information content (AvgIpc) is 2.58. The molecule has 1 aromatic rings. The van der Waals surface area contributed by atoms with Crippen LogP contribution in [0, 0.1) is 5.41 Å². The lowest BCUT2D eigenvalue weighted by atomic mass is 9.89. The summed E-state index contributed by atoms with van der Waals surface area (Å²) < 4.78 is 11.7. The van der Waals surface area contributed by atoms with Crippen LogP contribution in [0.3, 0.4) is 0 Å². The Morgan fingerprint density at radius 2 is 1.65 bits per heavy atom. The molecule has 0 spiro atoms. The quantitative estimate of drug-likeness (QED) is 0.324. The maximum Gasteiger partial charge on any atom is 0.120 e. The molecule has 0 aliphatic rings. The van der Waals surface area contributed by atoms with Crippen LogP contribution in [0.1, 0.15) is 84.6 Å². The van der Waals surface area contributed by atoms with E-state index in [0.717, 1.165) is 24.3 Å². The summed E-state index contributed by atoms with van der Waals surface area (Å²) in [6.45, 7) is 14.3. The summed E-state index contributed by atoms with van der Waals surface area (Å²) in [6.07, 6.45) is 12.5. The van der Waals surface area contributed by atoms with Crippen molar-refractivity contribution in [1.82, 2.24) is 0 Å². The van der Waals surface area contributed by atoms with Crippen LogP contribution in [0.4, 0.5) is 0 Å². The Hall–Kier alpha value is -1.28. The van der Waals surface area contributed by atoms with E-state index in [1.807, 2.05) is 30.3 Å². The van der Waals surface area contributed by atoms with Crippen molar-refractivity contribution < 1.29 is 9.47 Å². The first-order valence-electron chi connectivity index (χ1n) is 10.4. The van der Waals surface area contributed by atoms with E-state index in [1.165, 1.54) is 44.9 Å². The molecule has 0 fully saturated rings. The maximum atomic E-state index is 5.89. The van der Waals surface area contributed by atoms with E-state index in [2.05, 4.69) is 34.3 Å². The minimum atomic E-state index is 0.0675. The SMILES string of the molecule is C=Cc1cccc(OC(C)COCCCCCCCCCC(C)(C)C)c1. The zero-order valence-corrected chi connectivity index (χ0v) is 17.6.